The van der Waals surface area contributed by atoms with Crippen molar-refractivity contribution in [2.24, 2.45) is 0 Å². The van der Waals surface area contributed by atoms with Crippen LogP contribution in [0.5, 0.6) is 0 Å². The summed E-state index contributed by atoms with van der Waals surface area (Å²) in [4.78, 5) is 16.9. The number of fused-ring (bicyclic) bond motifs is 1. The molecule has 1 saturated heterocycles. The van der Waals surface area contributed by atoms with Gasteiger partial charge in [-0.05, 0) is 61.9 Å². The number of hydrogen-bond acceptors (Lipinski definition) is 5. The first-order valence-electron chi connectivity index (χ1n) is 12.9. The summed E-state index contributed by atoms with van der Waals surface area (Å²) in [6, 6.07) is 11.9. The molecule has 11 heteroatoms. The van der Waals surface area contributed by atoms with Crippen molar-refractivity contribution in [1.29, 1.82) is 0 Å². The molecule has 0 aromatic heterocycles. The van der Waals surface area contributed by atoms with Crippen molar-refractivity contribution in [3.8, 4) is 0 Å². The number of halogens is 3. The molecule has 7 nitrogen and oxygen atoms in total. The van der Waals surface area contributed by atoms with Gasteiger partial charge < -0.3 is 10.2 Å². The second-order valence-electron chi connectivity index (χ2n) is 9.96. The Bertz CT molecular complexity index is 1580. The number of hydrogen-bond donors (Lipinski definition) is 2. The summed E-state index contributed by atoms with van der Waals surface area (Å²) < 4.78 is 71.2. The molecule has 0 bridgehead atoms. The Labute approximate surface area is 231 Å². The predicted octanol–water partition coefficient (Wildman–Crippen LogP) is 5.25. The van der Waals surface area contributed by atoms with Crippen LogP contribution in [0.2, 0.25) is 0 Å². The van der Waals surface area contributed by atoms with E-state index in [1.165, 1.54) is 18.2 Å². The van der Waals surface area contributed by atoms with E-state index in [0.29, 0.717) is 43.1 Å². The van der Waals surface area contributed by atoms with Crippen LogP contribution in [0.15, 0.2) is 65.6 Å². The van der Waals surface area contributed by atoms with Crippen molar-refractivity contribution in [3.63, 3.8) is 0 Å². The second-order valence-corrected chi connectivity index (χ2v) is 11.6. The van der Waals surface area contributed by atoms with E-state index in [9.17, 15) is 26.4 Å². The van der Waals surface area contributed by atoms with E-state index in [0.717, 1.165) is 17.7 Å². The minimum Gasteiger partial charge on any atom is -0.380 e. The maximum Gasteiger partial charge on any atom is 0.263 e. The maximum absolute atomic E-state index is 14.3. The number of amides is 1. The molecule has 1 amide bonds. The molecule has 3 aromatic rings. The fraction of sp³-hybridized carbons (Fsp3) is 0.276. The normalized spacial score (nSPS) is 18.1. The van der Waals surface area contributed by atoms with Gasteiger partial charge in [-0.1, -0.05) is 24.3 Å². The Balaban J connectivity index is 1.26. The quantitative estimate of drug-likeness (QED) is 0.396. The molecule has 2 aliphatic heterocycles. The van der Waals surface area contributed by atoms with Crippen LogP contribution in [-0.4, -0.2) is 56.3 Å². The third kappa shape index (κ3) is 5.31. The Morgan fingerprint density at radius 1 is 1.02 bits per heavy atom. The standard InChI is InChI=1S/C29H29F3N4O3S/c1-18-17-35(19(2)26-23(30)12-13-24(31)27(26)32)15-16-36(18)29(37)21-8-10-22(11-9-21)34-40(38,39)25-7-3-5-20-6-4-14-33-28(20)25/h3-13,18-19,33-34H,14-17H2,1-2H3/t18-,19?/m1/s1. The van der Waals surface area contributed by atoms with Gasteiger partial charge in [0, 0.05) is 55.1 Å². The van der Waals surface area contributed by atoms with E-state index in [2.05, 4.69) is 10.0 Å². The number of carbonyl (C=O) groups is 1. The van der Waals surface area contributed by atoms with Crippen molar-refractivity contribution in [2.45, 2.75) is 30.8 Å². The third-order valence-electron chi connectivity index (χ3n) is 7.39. The van der Waals surface area contributed by atoms with Gasteiger partial charge in [0.1, 0.15) is 10.7 Å². The van der Waals surface area contributed by atoms with Gasteiger partial charge in [-0.2, -0.15) is 0 Å². The molecule has 210 valence electrons. The highest BCUT2D eigenvalue weighted by atomic mass is 32.2. The molecule has 3 aromatic carbocycles. The van der Waals surface area contributed by atoms with Crippen LogP contribution in [0.3, 0.4) is 0 Å². The molecule has 1 fully saturated rings. The number of anilines is 2. The average Bonchev–Trinajstić information content (AvgIpc) is 2.94. The van der Waals surface area contributed by atoms with Crippen molar-refractivity contribution in [2.75, 3.05) is 36.2 Å². The number of rotatable bonds is 6. The number of nitrogens with zero attached hydrogens (tertiary/aromatic N) is 2. The summed E-state index contributed by atoms with van der Waals surface area (Å²) in [5, 5.41) is 3.10. The van der Waals surface area contributed by atoms with Gasteiger partial charge in [-0.25, -0.2) is 21.6 Å². The lowest BCUT2D eigenvalue weighted by Crippen LogP contribution is -2.54. The highest BCUT2D eigenvalue weighted by Crippen LogP contribution is 2.31. The van der Waals surface area contributed by atoms with Crippen molar-refractivity contribution >= 4 is 33.4 Å². The summed E-state index contributed by atoms with van der Waals surface area (Å²) in [6.07, 6.45) is 3.78. The van der Waals surface area contributed by atoms with Crippen LogP contribution in [-0.2, 0) is 10.0 Å². The Morgan fingerprint density at radius 2 is 1.75 bits per heavy atom. The third-order valence-corrected chi connectivity index (χ3v) is 8.81. The Kier molecular flexibility index (Phi) is 7.61. The topological polar surface area (TPSA) is 81.8 Å². The first-order chi connectivity index (χ1) is 19.1. The Morgan fingerprint density at radius 3 is 2.48 bits per heavy atom. The molecule has 1 unspecified atom stereocenters. The van der Waals surface area contributed by atoms with Crippen LogP contribution >= 0.6 is 0 Å². The number of nitrogens with one attached hydrogen (secondary N) is 2. The fourth-order valence-electron chi connectivity index (χ4n) is 5.25. The number of carbonyl (C=O) groups excluding carboxylic acids is 1. The van der Waals surface area contributed by atoms with Crippen molar-refractivity contribution in [1.82, 2.24) is 9.80 Å². The lowest BCUT2D eigenvalue weighted by Gasteiger charge is -2.42. The molecule has 0 spiro atoms. The van der Waals surface area contributed by atoms with Gasteiger partial charge in [-0.3, -0.25) is 14.4 Å². The van der Waals surface area contributed by atoms with E-state index >= 15 is 0 Å². The predicted molar refractivity (Wildman–Crippen MR) is 148 cm³/mol. The maximum atomic E-state index is 14.3. The van der Waals surface area contributed by atoms with Crippen LogP contribution in [0.25, 0.3) is 6.08 Å². The smallest absolute Gasteiger partial charge is 0.263 e. The molecular formula is C29H29F3N4O3S. The Hall–Kier alpha value is -3.83. The van der Waals surface area contributed by atoms with Crippen molar-refractivity contribution in [3.05, 3.63) is 94.8 Å². The van der Waals surface area contributed by atoms with E-state index < -0.39 is 33.5 Å². The number of piperazine rings is 1. The SMILES string of the molecule is CC(c1c(F)ccc(F)c1F)N1CCN(C(=O)c2ccc(NS(=O)(=O)c3cccc4c3NCC=C4)cc2)[C@H](C)C1. The van der Waals surface area contributed by atoms with Crippen molar-refractivity contribution < 1.29 is 26.4 Å². The summed E-state index contributed by atoms with van der Waals surface area (Å²) in [7, 11) is -3.89. The van der Waals surface area contributed by atoms with Crippen LogP contribution in [0.1, 0.15) is 41.4 Å². The molecule has 5 rings (SSSR count). The molecule has 2 heterocycles. The van der Waals surface area contributed by atoms with E-state index in [1.807, 2.05) is 30.0 Å². The van der Waals surface area contributed by atoms with Gasteiger partial charge in [0.25, 0.3) is 15.9 Å². The van der Waals surface area contributed by atoms with Gasteiger partial charge in [-0.15, -0.1) is 0 Å². The first-order valence-corrected chi connectivity index (χ1v) is 14.4. The lowest BCUT2D eigenvalue weighted by molar-refractivity contribution is 0.0396. The molecule has 0 aliphatic carbocycles. The molecule has 2 aliphatic rings. The monoisotopic (exact) mass is 570 g/mol. The zero-order valence-corrected chi connectivity index (χ0v) is 22.8. The average molecular weight is 571 g/mol. The lowest BCUT2D eigenvalue weighted by atomic mass is 10.0. The van der Waals surface area contributed by atoms with Gasteiger partial charge in [0.15, 0.2) is 11.6 Å². The van der Waals surface area contributed by atoms with Gasteiger partial charge >= 0.3 is 0 Å². The second kappa shape index (κ2) is 11.0. The molecular weight excluding hydrogens is 541 g/mol. The minimum atomic E-state index is -3.89. The zero-order chi connectivity index (χ0) is 28.6. The zero-order valence-electron chi connectivity index (χ0n) is 22.0. The highest BCUT2D eigenvalue weighted by molar-refractivity contribution is 7.92. The van der Waals surface area contributed by atoms with E-state index in [4.69, 9.17) is 0 Å². The van der Waals surface area contributed by atoms with Crippen LogP contribution < -0.4 is 10.0 Å². The van der Waals surface area contributed by atoms with Crippen LogP contribution in [0.4, 0.5) is 24.5 Å². The number of para-hydroxylation sites is 1. The minimum absolute atomic E-state index is 0.133. The first kappa shape index (κ1) is 27.7. The summed E-state index contributed by atoms with van der Waals surface area (Å²) in [5.41, 5.74) is 1.68. The molecule has 2 N–H and O–H groups in total. The summed E-state index contributed by atoms with van der Waals surface area (Å²) in [6.45, 7) is 4.96. The number of benzene rings is 3. The molecule has 0 saturated carbocycles. The summed E-state index contributed by atoms with van der Waals surface area (Å²) in [5.74, 6) is -3.36. The summed E-state index contributed by atoms with van der Waals surface area (Å²) >= 11 is 0. The molecule has 0 radical (unpaired) electrons. The molecule has 2 atom stereocenters. The van der Waals surface area contributed by atoms with Gasteiger partial charge in [0.05, 0.1) is 5.69 Å². The van der Waals surface area contributed by atoms with Crippen LogP contribution in [0, 0.1) is 17.5 Å². The van der Waals surface area contributed by atoms with E-state index in [-0.39, 0.29) is 22.4 Å². The van der Waals surface area contributed by atoms with E-state index in [1.54, 1.807) is 30.0 Å². The molecule has 40 heavy (non-hydrogen) atoms. The van der Waals surface area contributed by atoms with Gasteiger partial charge in [0.2, 0.25) is 0 Å². The fourth-order valence-corrected chi connectivity index (χ4v) is 6.52. The highest BCUT2D eigenvalue weighted by Gasteiger charge is 2.33. The number of sulfonamides is 1. The largest absolute Gasteiger partial charge is 0.380 e.